The largest absolute Gasteiger partial charge is 0.385 e. The summed E-state index contributed by atoms with van der Waals surface area (Å²) in [6.45, 7) is 8.12. The Morgan fingerprint density at radius 2 is 2.06 bits per heavy atom. The minimum absolute atomic E-state index is 0.0969. The van der Waals surface area contributed by atoms with E-state index in [0.717, 1.165) is 12.8 Å². The number of ether oxygens (including phenoxy) is 1. The number of hydrogen-bond acceptors (Lipinski definition) is 8. The lowest BCUT2D eigenvalue weighted by Crippen LogP contribution is -2.40. The second-order valence-corrected chi connectivity index (χ2v) is 11.1. The Hall–Kier alpha value is -2.72. The van der Waals surface area contributed by atoms with Crippen LogP contribution in [0, 0.1) is 5.92 Å². The second-order valence-electron chi connectivity index (χ2n) is 9.21. The van der Waals surface area contributed by atoms with Crippen molar-refractivity contribution in [2.24, 2.45) is 11.7 Å². The minimum Gasteiger partial charge on any atom is -0.385 e. The molecular weight excluding hydrogens is 442 g/mol. The van der Waals surface area contributed by atoms with Crippen molar-refractivity contribution in [3.05, 3.63) is 36.0 Å². The maximum Gasteiger partial charge on any atom is 0.253 e. The zero-order chi connectivity index (χ0) is 24.4. The average Bonchev–Trinajstić information content (AvgIpc) is 3.04. The van der Waals surface area contributed by atoms with Gasteiger partial charge in [-0.1, -0.05) is 13.0 Å². The van der Waals surface area contributed by atoms with Crippen molar-refractivity contribution in [1.29, 1.82) is 0 Å². The van der Waals surface area contributed by atoms with E-state index in [2.05, 4.69) is 30.7 Å². The number of nitrogens with zero attached hydrogens (tertiary/aromatic N) is 4. The van der Waals surface area contributed by atoms with E-state index in [4.69, 9.17) is 10.5 Å². The van der Waals surface area contributed by atoms with E-state index in [0.29, 0.717) is 37.3 Å². The molecule has 2 aromatic heterocycles. The lowest BCUT2D eigenvalue weighted by atomic mass is 9.97. The molecule has 2 N–H and O–H groups in total. The van der Waals surface area contributed by atoms with E-state index in [-0.39, 0.29) is 21.0 Å². The zero-order valence-corrected chi connectivity index (χ0v) is 20.7. The average molecular weight is 476 g/mol. The van der Waals surface area contributed by atoms with Gasteiger partial charge in [-0.05, 0) is 50.8 Å². The molecule has 1 fully saturated rings. The molecule has 0 saturated carbocycles. The van der Waals surface area contributed by atoms with Gasteiger partial charge in [0, 0.05) is 45.6 Å². The van der Waals surface area contributed by atoms with Crippen molar-refractivity contribution in [3.63, 3.8) is 0 Å². The number of methoxy groups -OCH3 is 1. The van der Waals surface area contributed by atoms with Crippen molar-refractivity contribution in [2.75, 3.05) is 43.7 Å². The van der Waals surface area contributed by atoms with Crippen LogP contribution in [0.1, 0.15) is 44.0 Å². The van der Waals surface area contributed by atoms with E-state index >= 15 is 0 Å². The van der Waals surface area contributed by atoms with Crippen LogP contribution in [-0.2, 0) is 14.6 Å². The van der Waals surface area contributed by atoms with Crippen molar-refractivity contribution in [2.45, 2.75) is 49.1 Å². The predicted molar refractivity (Wildman–Crippen MR) is 127 cm³/mol. The highest BCUT2D eigenvalue weighted by atomic mass is 32.2. The number of aromatic nitrogens is 2. The summed E-state index contributed by atoms with van der Waals surface area (Å²) in [6.07, 6.45) is 3.08. The first kappa shape index (κ1) is 24.9. The van der Waals surface area contributed by atoms with Crippen LogP contribution < -0.4 is 15.5 Å². The molecule has 0 radical (unpaired) electrons. The number of primary amides is 1. The molecule has 1 aliphatic heterocycles. The third-order valence-corrected chi connectivity index (χ3v) is 7.67. The lowest BCUT2D eigenvalue weighted by Gasteiger charge is -2.33. The fourth-order valence-electron chi connectivity index (χ4n) is 4.49. The number of amides is 1. The molecule has 1 amide bonds. The summed E-state index contributed by atoms with van der Waals surface area (Å²) >= 11 is 0. The smallest absolute Gasteiger partial charge is 0.253 e. The molecule has 1 saturated heterocycles. The molecule has 9 nitrogen and oxygen atoms in total. The Morgan fingerprint density at radius 3 is 2.67 bits per heavy atom. The summed E-state index contributed by atoms with van der Waals surface area (Å²) in [5.74, 6) is 0.344. The predicted octanol–water partition coefficient (Wildman–Crippen LogP) is 2.51. The maximum atomic E-state index is 13.6. The van der Waals surface area contributed by atoms with Gasteiger partial charge in [-0.2, -0.15) is 0 Å². The normalized spacial score (nSPS) is 17.8. The fraction of sp³-hybridized carbons (Fsp3) is 0.522. The zero-order valence-electron chi connectivity index (χ0n) is 19.9. The van der Waals surface area contributed by atoms with Crippen molar-refractivity contribution in [3.8, 4) is 0 Å². The summed E-state index contributed by atoms with van der Waals surface area (Å²) in [6, 6.07) is 6.13. The van der Waals surface area contributed by atoms with Crippen LogP contribution in [0.3, 0.4) is 0 Å². The molecule has 1 unspecified atom stereocenters. The van der Waals surface area contributed by atoms with Gasteiger partial charge in [0.15, 0.2) is 5.03 Å². The SMILES string of the molecule is COCCCN(C)c1cccc(S(=O)(=O)c2ccnc(N3CC(C)CC3(C)C)c2C(N)=O)n1. The standard InChI is InChI=1S/C23H33N5O4S/c1-16-14-23(2,3)28(15-16)22-20(21(24)29)17(10-11-25-22)33(30,31)19-9-6-8-18(26-19)27(4)12-7-13-32-5/h6,8-11,16H,7,12-15H2,1-5H3,(H2,24,29). The van der Waals surface area contributed by atoms with Crippen LogP contribution in [0.25, 0.3) is 0 Å². The molecule has 180 valence electrons. The number of carbonyl (C=O) groups is 1. The molecule has 2 aromatic rings. The Bertz CT molecular complexity index is 1120. The minimum atomic E-state index is -4.13. The van der Waals surface area contributed by atoms with Gasteiger partial charge in [0.2, 0.25) is 9.84 Å². The third kappa shape index (κ3) is 5.11. The van der Waals surface area contributed by atoms with Gasteiger partial charge < -0.3 is 20.3 Å². The molecule has 33 heavy (non-hydrogen) atoms. The fourth-order valence-corrected chi connectivity index (χ4v) is 5.89. The monoisotopic (exact) mass is 475 g/mol. The molecule has 1 atom stereocenters. The van der Waals surface area contributed by atoms with E-state index in [1.165, 1.54) is 18.3 Å². The number of sulfone groups is 1. The summed E-state index contributed by atoms with van der Waals surface area (Å²) in [5, 5.41) is -0.146. The summed E-state index contributed by atoms with van der Waals surface area (Å²) in [4.78, 5) is 25.0. The molecule has 3 heterocycles. The highest BCUT2D eigenvalue weighted by molar-refractivity contribution is 7.91. The van der Waals surface area contributed by atoms with E-state index in [1.807, 2.05) is 16.8 Å². The van der Waals surface area contributed by atoms with E-state index in [1.54, 1.807) is 19.2 Å². The van der Waals surface area contributed by atoms with Crippen LogP contribution in [0.4, 0.5) is 11.6 Å². The molecular formula is C23H33N5O4S. The first-order chi connectivity index (χ1) is 15.5. The van der Waals surface area contributed by atoms with Crippen LogP contribution >= 0.6 is 0 Å². The molecule has 0 spiro atoms. The van der Waals surface area contributed by atoms with Gasteiger partial charge in [0.1, 0.15) is 17.2 Å². The Labute approximate surface area is 195 Å². The van der Waals surface area contributed by atoms with Crippen molar-refractivity contribution < 1.29 is 17.9 Å². The van der Waals surface area contributed by atoms with Gasteiger partial charge in [-0.15, -0.1) is 0 Å². The van der Waals surface area contributed by atoms with Gasteiger partial charge in [0.25, 0.3) is 5.91 Å². The first-order valence-electron chi connectivity index (χ1n) is 11.0. The van der Waals surface area contributed by atoms with Crippen molar-refractivity contribution in [1.82, 2.24) is 9.97 Å². The molecule has 10 heteroatoms. The number of anilines is 2. The molecule has 0 aromatic carbocycles. The van der Waals surface area contributed by atoms with Gasteiger partial charge in [-0.25, -0.2) is 18.4 Å². The van der Waals surface area contributed by atoms with Crippen molar-refractivity contribution >= 4 is 27.4 Å². The molecule has 3 rings (SSSR count). The van der Waals surface area contributed by atoms with Gasteiger partial charge in [0.05, 0.1) is 4.90 Å². The Kier molecular flexibility index (Phi) is 7.28. The van der Waals surface area contributed by atoms with Crippen LogP contribution in [0.5, 0.6) is 0 Å². The highest BCUT2D eigenvalue weighted by Crippen LogP contribution is 2.39. The molecule has 0 aliphatic carbocycles. The third-order valence-electron chi connectivity index (χ3n) is 5.97. The number of nitrogens with two attached hydrogens (primary N) is 1. The maximum absolute atomic E-state index is 13.6. The van der Waals surface area contributed by atoms with Gasteiger partial charge >= 0.3 is 0 Å². The summed E-state index contributed by atoms with van der Waals surface area (Å²) in [5.41, 5.74) is 5.33. The van der Waals surface area contributed by atoms with E-state index < -0.39 is 15.7 Å². The highest BCUT2D eigenvalue weighted by Gasteiger charge is 2.40. The Morgan fingerprint density at radius 1 is 1.33 bits per heavy atom. The second kappa shape index (κ2) is 9.64. The molecule has 0 bridgehead atoms. The molecule has 1 aliphatic rings. The topological polar surface area (TPSA) is 119 Å². The lowest BCUT2D eigenvalue weighted by molar-refractivity contribution is 0.0997. The quantitative estimate of drug-likeness (QED) is 0.550. The number of hydrogen-bond donors (Lipinski definition) is 1. The van der Waals surface area contributed by atoms with Crippen LogP contribution in [0.2, 0.25) is 0 Å². The van der Waals surface area contributed by atoms with Gasteiger partial charge in [-0.3, -0.25) is 4.79 Å². The van der Waals surface area contributed by atoms with Crippen LogP contribution in [0.15, 0.2) is 40.4 Å². The summed E-state index contributed by atoms with van der Waals surface area (Å²) < 4.78 is 32.3. The van der Waals surface area contributed by atoms with Crippen LogP contribution in [-0.4, -0.2) is 63.7 Å². The number of pyridine rings is 2. The number of rotatable bonds is 9. The summed E-state index contributed by atoms with van der Waals surface area (Å²) in [7, 11) is -0.657. The Balaban J connectivity index is 2.06. The number of carbonyl (C=O) groups excluding carboxylic acids is 1. The van der Waals surface area contributed by atoms with E-state index in [9.17, 15) is 13.2 Å². The first-order valence-corrected chi connectivity index (χ1v) is 12.5.